The first kappa shape index (κ1) is 19.2. The van der Waals surface area contributed by atoms with Crippen LogP contribution in [-0.2, 0) is 10.1 Å². The average molecular weight is 260 g/mol. The third-order valence-electron chi connectivity index (χ3n) is 2.53. The van der Waals surface area contributed by atoms with Crippen molar-refractivity contribution in [2.45, 2.75) is 63.7 Å². The maximum Gasteiger partial charge on any atom is 1.00 e. The van der Waals surface area contributed by atoms with Crippen molar-refractivity contribution in [1.29, 1.82) is 0 Å². The van der Waals surface area contributed by atoms with Gasteiger partial charge < -0.3 is 9.66 Å². The Kier molecular flexibility index (Phi) is 10.7. The second-order valence-corrected chi connectivity index (χ2v) is 5.63. The van der Waals surface area contributed by atoms with E-state index in [9.17, 15) is 18.1 Å². The van der Waals surface area contributed by atoms with E-state index < -0.39 is 15.1 Å². The minimum Gasteiger partial charge on any atom is -0.746 e. The molecule has 0 aliphatic rings. The molecule has 0 heterocycles. The predicted molar refractivity (Wildman–Crippen MR) is 58.3 cm³/mol. The maximum absolute atomic E-state index is 10.9. The van der Waals surface area contributed by atoms with Crippen molar-refractivity contribution in [2.75, 3.05) is 0 Å². The molecular formula is C10H21NaO4S. The van der Waals surface area contributed by atoms with Crippen molar-refractivity contribution in [3.63, 3.8) is 0 Å². The standard InChI is InChI=1S/C10H22O4S.Na/c1-3-5-6-7-9-10(11,8-4-2)15(12,13)14;/h11H,3-9H2,1-2H3,(H,12,13,14);/q;+1/p-1. The van der Waals surface area contributed by atoms with E-state index in [0.717, 1.165) is 19.3 Å². The molecule has 16 heavy (non-hydrogen) atoms. The van der Waals surface area contributed by atoms with Crippen LogP contribution in [0.4, 0.5) is 0 Å². The van der Waals surface area contributed by atoms with Crippen LogP contribution in [0.2, 0.25) is 0 Å². The molecule has 0 amide bonds. The van der Waals surface area contributed by atoms with Crippen molar-refractivity contribution in [1.82, 2.24) is 0 Å². The fourth-order valence-electron chi connectivity index (χ4n) is 1.59. The second-order valence-electron chi connectivity index (χ2n) is 3.96. The zero-order valence-electron chi connectivity index (χ0n) is 10.5. The minimum atomic E-state index is -4.61. The van der Waals surface area contributed by atoms with Crippen molar-refractivity contribution < 1.29 is 47.6 Å². The van der Waals surface area contributed by atoms with Crippen LogP contribution < -0.4 is 29.6 Å². The van der Waals surface area contributed by atoms with Gasteiger partial charge in [0.05, 0.1) is 0 Å². The van der Waals surface area contributed by atoms with Crippen LogP contribution in [0.15, 0.2) is 0 Å². The summed E-state index contributed by atoms with van der Waals surface area (Å²) in [5.41, 5.74) is 0. The number of aliphatic hydroxyl groups is 1. The molecule has 0 aromatic heterocycles. The van der Waals surface area contributed by atoms with Crippen molar-refractivity contribution in [3.8, 4) is 0 Å². The zero-order chi connectivity index (χ0) is 11.9. The van der Waals surface area contributed by atoms with E-state index in [4.69, 9.17) is 0 Å². The van der Waals surface area contributed by atoms with E-state index in [-0.39, 0.29) is 42.4 Å². The first-order valence-corrected chi connectivity index (χ1v) is 6.96. The predicted octanol–water partition coefficient (Wildman–Crippen LogP) is -1.01. The SMILES string of the molecule is CCCCCCC(O)(CCC)S(=O)(=O)[O-].[Na+]. The molecule has 1 atom stereocenters. The van der Waals surface area contributed by atoms with Gasteiger partial charge in [-0.1, -0.05) is 39.5 Å². The summed E-state index contributed by atoms with van der Waals surface area (Å²) in [6.45, 7) is 3.80. The van der Waals surface area contributed by atoms with E-state index >= 15 is 0 Å². The summed E-state index contributed by atoms with van der Waals surface area (Å²) in [5, 5.41) is 9.75. The van der Waals surface area contributed by atoms with Crippen LogP contribution in [0.5, 0.6) is 0 Å². The number of hydrogen-bond acceptors (Lipinski definition) is 4. The second kappa shape index (κ2) is 8.89. The molecule has 0 fully saturated rings. The van der Waals surface area contributed by atoms with Crippen LogP contribution in [0, 0.1) is 0 Å². The van der Waals surface area contributed by atoms with Gasteiger partial charge in [-0.2, -0.15) is 0 Å². The van der Waals surface area contributed by atoms with Gasteiger partial charge in [-0.25, -0.2) is 8.42 Å². The van der Waals surface area contributed by atoms with Gasteiger partial charge in [0.1, 0.15) is 10.1 Å². The number of unbranched alkanes of at least 4 members (excludes halogenated alkanes) is 3. The van der Waals surface area contributed by atoms with Gasteiger partial charge in [0.25, 0.3) is 0 Å². The molecule has 4 nitrogen and oxygen atoms in total. The largest absolute Gasteiger partial charge is 1.00 e. The van der Waals surface area contributed by atoms with Gasteiger partial charge in [0.2, 0.25) is 0 Å². The third-order valence-corrected chi connectivity index (χ3v) is 3.87. The molecule has 0 aromatic carbocycles. The molecule has 92 valence electrons. The van der Waals surface area contributed by atoms with E-state index in [1.165, 1.54) is 0 Å². The maximum atomic E-state index is 10.9. The van der Waals surface area contributed by atoms with Crippen LogP contribution in [-0.4, -0.2) is 23.0 Å². The van der Waals surface area contributed by atoms with Gasteiger partial charge in [-0.05, 0) is 19.3 Å². The Morgan fingerprint density at radius 2 is 1.62 bits per heavy atom. The topological polar surface area (TPSA) is 77.4 Å². The zero-order valence-corrected chi connectivity index (χ0v) is 13.3. The number of hydrogen-bond donors (Lipinski definition) is 1. The van der Waals surface area contributed by atoms with Gasteiger partial charge in [-0.3, -0.25) is 0 Å². The number of rotatable bonds is 8. The molecule has 0 saturated heterocycles. The first-order chi connectivity index (χ1) is 6.87. The van der Waals surface area contributed by atoms with Crippen molar-refractivity contribution in [3.05, 3.63) is 0 Å². The summed E-state index contributed by atoms with van der Waals surface area (Å²) in [5.74, 6) is 0. The smallest absolute Gasteiger partial charge is 0.746 e. The normalized spacial score (nSPS) is 15.2. The molecule has 0 radical (unpaired) electrons. The summed E-state index contributed by atoms with van der Waals surface area (Å²) >= 11 is 0. The molecule has 0 aromatic rings. The molecule has 1 unspecified atom stereocenters. The Labute approximate surface area is 121 Å². The first-order valence-electron chi connectivity index (χ1n) is 5.55. The van der Waals surface area contributed by atoms with Crippen molar-refractivity contribution >= 4 is 10.1 Å². The molecule has 6 heteroatoms. The monoisotopic (exact) mass is 260 g/mol. The van der Waals surface area contributed by atoms with Gasteiger partial charge in [0, 0.05) is 0 Å². The summed E-state index contributed by atoms with van der Waals surface area (Å²) in [6, 6.07) is 0. The Morgan fingerprint density at radius 3 is 2.00 bits per heavy atom. The summed E-state index contributed by atoms with van der Waals surface area (Å²) < 4.78 is 32.7. The molecule has 1 N–H and O–H groups in total. The molecule has 0 bridgehead atoms. The van der Waals surface area contributed by atoms with Crippen molar-refractivity contribution in [2.24, 2.45) is 0 Å². The summed E-state index contributed by atoms with van der Waals surface area (Å²) in [4.78, 5) is -2.05. The van der Waals surface area contributed by atoms with E-state index in [1.54, 1.807) is 6.92 Å². The molecular weight excluding hydrogens is 239 g/mol. The van der Waals surface area contributed by atoms with E-state index in [2.05, 4.69) is 0 Å². The van der Waals surface area contributed by atoms with Crippen LogP contribution in [0.1, 0.15) is 58.8 Å². The van der Waals surface area contributed by atoms with E-state index in [1.807, 2.05) is 6.92 Å². The van der Waals surface area contributed by atoms with Gasteiger partial charge >= 0.3 is 29.6 Å². The molecule has 0 rings (SSSR count). The fraction of sp³-hybridized carbons (Fsp3) is 1.00. The van der Waals surface area contributed by atoms with Crippen LogP contribution >= 0.6 is 0 Å². The van der Waals surface area contributed by atoms with Crippen LogP contribution in [0.3, 0.4) is 0 Å². The van der Waals surface area contributed by atoms with E-state index in [0.29, 0.717) is 12.8 Å². The van der Waals surface area contributed by atoms with Crippen LogP contribution in [0.25, 0.3) is 0 Å². The summed E-state index contributed by atoms with van der Waals surface area (Å²) in [7, 11) is -4.61. The summed E-state index contributed by atoms with van der Waals surface area (Å²) in [6.07, 6.45) is 4.07. The Hall–Kier alpha value is 0.870. The quantitative estimate of drug-likeness (QED) is 0.345. The Balaban J connectivity index is 0. The fourth-order valence-corrected chi connectivity index (χ4v) is 2.44. The molecule has 0 spiro atoms. The van der Waals surface area contributed by atoms with Gasteiger partial charge in [0.15, 0.2) is 4.93 Å². The third kappa shape index (κ3) is 6.57. The Morgan fingerprint density at radius 1 is 1.06 bits per heavy atom. The molecule has 0 saturated carbocycles. The Bertz CT molecular complexity index is 266. The molecule has 0 aliphatic carbocycles. The average Bonchev–Trinajstić information content (AvgIpc) is 2.11. The van der Waals surface area contributed by atoms with Gasteiger partial charge in [-0.15, -0.1) is 0 Å². The minimum absolute atomic E-state index is 0. The molecule has 0 aliphatic heterocycles.